The first-order valence-electron chi connectivity index (χ1n) is 7.96. The molecule has 128 valence electrons. The highest BCUT2D eigenvalue weighted by molar-refractivity contribution is 6.32. The molecule has 23 heavy (non-hydrogen) atoms. The molecule has 0 aliphatic heterocycles. The molecule has 0 atom stereocenters. The third-order valence-electron chi connectivity index (χ3n) is 4.32. The summed E-state index contributed by atoms with van der Waals surface area (Å²) in [7, 11) is 1.54. The molecule has 0 saturated heterocycles. The SMILES string of the molecule is COc1cc(CNC2(C)CCCCC2)cc(Cl)c1OCC(N)=O. The van der Waals surface area contributed by atoms with Crippen LogP contribution in [0.15, 0.2) is 12.1 Å². The summed E-state index contributed by atoms with van der Waals surface area (Å²) < 4.78 is 10.7. The van der Waals surface area contributed by atoms with Gasteiger partial charge in [-0.3, -0.25) is 4.79 Å². The van der Waals surface area contributed by atoms with Gasteiger partial charge in [-0.1, -0.05) is 30.9 Å². The summed E-state index contributed by atoms with van der Waals surface area (Å²) >= 11 is 6.27. The molecule has 0 spiro atoms. The van der Waals surface area contributed by atoms with Crippen molar-refractivity contribution in [3.8, 4) is 11.5 Å². The molecule has 1 fully saturated rings. The van der Waals surface area contributed by atoms with Crippen molar-refractivity contribution in [1.29, 1.82) is 0 Å². The number of methoxy groups -OCH3 is 1. The molecular formula is C17H25ClN2O3. The molecule has 1 aliphatic rings. The van der Waals surface area contributed by atoms with Crippen LogP contribution in [0.2, 0.25) is 5.02 Å². The zero-order chi connectivity index (χ0) is 16.9. The quantitative estimate of drug-likeness (QED) is 0.800. The summed E-state index contributed by atoms with van der Waals surface area (Å²) in [5.74, 6) is 0.295. The minimum absolute atomic E-state index is 0.180. The second-order valence-corrected chi connectivity index (χ2v) is 6.75. The lowest BCUT2D eigenvalue weighted by Gasteiger charge is -2.35. The van der Waals surface area contributed by atoms with Crippen LogP contribution >= 0.6 is 11.6 Å². The predicted octanol–water partition coefficient (Wildman–Crippen LogP) is 3.03. The van der Waals surface area contributed by atoms with Crippen molar-refractivity contribution in [2.75, 3.05) is 13.7 Å². The van der Waals surface area contributed by atoms with E-state index in [4.69, 9.17) is 26.8 Å². The smallest absolute Gasteiger partial charge is 0.255 e. The fraction of sp³-hybridized carbons (Fsp3) is 0.588. The maximum absolute atomic E-state index is 10.9. The van der Waals surface area contributed by atoms with Gasteiger partial charge in [0.25, 0.3) is 5.91 Å². The Morgan fingerprint density at radius 1 is 1.35 bits per heavy atom. The van der Waals surface area contributed by atoms with Crippen LogP contribution in [0, 0.1) is 0 Å². The average Bonchev–Trinajstić information content (AvgIpc) is 2.52. The number of benzene rings is 1. The van der Waals surface area contributed by atoms with Crippen LogP contribution in [0.5, 0.6) is 11.5 Å². The fourth-order valence-electron chi connectivity index (χ4n) is 2.98. The van der Waals surface area contributed by atoms with Crippen LogP contribution in [-0.4, -0.2) is 25.2 Å². The summed E-state index contributed by atoms with van der Waals surface area (Å²) in [4.78, 5) is 10.9. The van der Waals surface area contributed by atoms with Gasteiger partial charge in [-0.2, -0.15) is 0 Å². The summed E-state index contributed by atoms with van der Waals surface area (Å²) in [6.07, 6.45) is 6.25. The molecule has 1 amide bonds. The van der Waals surface area contributed by atoms with Gasteiger partial charge in [0, 0.05) is 12.1 Å². The molecule has 0 unspecified atom stereocenters. The lowest BCUT2D eigenvalue weighted by Crippen LogP contribution is -2.43. The number of nitrogens with two attached hydrogens (primary N) is 1. The second kappa shape index (κ2) is 7.88. The number of hydrogen-bond acceptors (Lipinski definition) is 4. The van der Waals surface area contributed by atoms with Crippen molar-refractivity contribution in [3.05, 3.63) is 22.7 Å². The molecule has 2 rings (SSSR count). The zero-order valence-corrected chi connectivity index (χ0v) is 14.5. The number of primary amides is 1. The van der Waals surface area contributed by atoms with Gasteiger partial charge < -0.3 is 20.5 Å². The lowest BCUT2D eigenvalue weighted by atomic mass is 9.83. The molecule has 1 aromatic carbocycles. The maximum atomic E-state index is 10.9. The van der Waals surface area contributed by atoms with E-state index in [1.165, 1.54) is 32.1 Å². The number of ether oxygens (including phenoxy) is 2. The molecule has 3 N–H and O–H groups in total. The maximum Gasteiger partial charge on any atom is 0.255 e. The highest BCUT2D eigenvalue weighted by Crippen LogP contribution is 2.37. The molecule has 0 heterocycles. The van der Waals surface area contributed by atoms with Gasteiger partial charge in [-0.15, -0.1) is 0 Å². The third kappa shape index (κ3) is 5.01. The Morgan fingerprint density at radius 3 is 2.65 bits per heavy atom. The lowest BCUT2D eigenvalue weighted by molar-refractivity contribution is -0.119. The van der Waals surface area contributed by atoms with E-state index in [1.54, 1.807) is 7.11 Å². The fourth-order valence-corrected chi connectivity index (χ4v) is 3.27. The number of amides is 1. The highest BCUT2D eigenvalue weighted by atomic mass is 35.5. The van der Waals surface area contributed by atoms with Gasteiger partial charge in [0.2, 0.25) is 0 Å². The monoisotopic (exact) mass is 340 g/mol. The van der Waals surface area contributed by atoms with Crippen LogP contribution < -0.4 is 20.5 Å². The Labute approximate surface area is 142 Å². The molecule has 1 saturated carbocycles. The summed E-state index contributed by atoms with van der Waals surface area (Å²) in [5.41, 5.74) is 6.30. The predicted molar refractivity (Wildman–Crippen MR) is 91.0 cm³/mol. The molecule has 5 nitrogen and oxygen atoms in total. The van der Waals surface area contributed by atoms with E-state index in [1.807, 2.05) is 12.1 Å². The van der Waals surface area contributed by atoms with Gasteiger partial charge in [0.15, 0.2) is 18.1 Å². The Morgan fingerprint density at radius 2 is 2.04 bits per heavy atom. The number of rotatable bonds is 7. The van der Waals surface area contributed by atoms with Gasteiger partial charge in [0.05, 0.1) is 12.1 Å². The summed E-state index contributed by atoms with van der Waals surface area (Å²) in [5, 5.41) is 4.05. The minimum atomic E-state index is -0.556. The number of nitrogens with one attached hydrogen (secondary N) is 1. The van der Waals surface area contributed by atoms with Crippen molar-refractivity contribution in [1.82, 2.24) is 5.32 Å². The largest absolute Gasteiger partial charge is 0.493 e. The molecule has 0 bridgehead atoms. The van der Waals surface area contributed by atoms with Gasteiger partial charge in [0.1, 0.15) is 0 Å². The van der Waals surface area contributed by atoms with Gasteiger partial charge in [-0.05, 0) is 37.5 Å². The van der Waals surface area contributed by atoms with E-state index in [-0.39, 0.29) is 12.1 Å². The van der Waals surface area contributed by atoms with Crippen LogP contribution in [0.3, 0.4) is 0 Å². The first-order chi connectivity index (χ1) is 10.9. The van der Waals surface area contributed by atoms with Crippen molar-refractivity contribution < 1.29 is 14.3 Å². The Kier molecular flexibility index (Phi) is 6.13. The first kappa shape index (κ1) is 17.9. The van der Waals surface area contributed by atoms with E-state index in [0.717, 1.165) is 5.56 Å². The van der Waals surface area contributed by atoms with Crippen molar-refractivity contribution in [2.24, 2.45) is 5.73 Å². The molecule has 1 aliphatic carbocycles. The topological polar surface area (TPSA) is 73.6 Å². The first-order valence-corrected chi connectivity index (χ1v) is 8.34. The molecular weight excluding hydrogens is 316 g/mol. The third-order valence-corrected chi connectivity index (χ3v) is 4.61. The van der Waals surface area contributed by atoms with Crippen molar-refractivity contribution >= 4 is 17.5 Å². The van der Waals surface area contributed by atoms with Crippen molar-refractivity contribution in [2.45, 2.75) is 51.1 Å². The standard InChI is InChI=1S/C17H25ClN2O3/c1-17(6-4-3-5-7-17)20-10-12-8-13(18)16(14(9-12)22-2)23-11-15(19)21/h8-9,20H,3-7,10-11H2,1-2H3,(H2,19,21). The number of carbonyl (C=O) groups excluding carboxylic acids is 1. The van der Waals surface area contributed by atoms with E-state index < -0.39 is 5.91 Å². The van der Waals surface area contributed by atoms with Crippen LogP contribution in [0.25, 0.3) is 0 Å². The van der Waals surface area contributed by atoms with Crippen molar-refractivity contribution in [3.63, 3.8) is 0 Å². The van der Waals surface area contributed by atoms with Crippen LogP contribution in [0.4, 0.5) is 0 Å². The Hall–Kier alpha value is -1.46. The average molecular weight is 341 g/mol. The zero-order valence-electron chi connectivity index (χ0n) is 13.8. The summed E-state index contributed by atoms with van der Waals surface area (Å²) in [6.45, 7) is 2.75. The normalized spacial score (nSPS) is 16.8. The number of halogens is 1. The number of hydrogen-bond donors (Lipinski definition) is 2. The highest BCUT2D eigenvalue weighted by Gasteiger charge is 2.26. The molecule has 6 heteroatoms. The van der Waals surface area contributed by atoms with Gasteiger partial charge >= 0.3 is 0 Å². The Balaban J connectivity index is 2.07. The minimum Gasteiger partial charge on any atom is -0.493 e. The van der Waals surface area contributed by atoms with Gasteiger partial charge in [-0.25, -0.2) is 0 Å². The van der Waals surface area contributed by atoms with Crippen LogP contribution in [-0.2, 0) is 11.3 Å². The Bertz CT molecular complexity index is 557. The second-order valence-electron chi connectivity index (χ2n) is 6.34. The number of carbonyl (C=O) groups is 1. The van der Waals surface area contributed by atoms with E-state index >= 15 is 0 Å². The van der Waals surface area contributed by atoms with Crippen LogP contribution in [0.1, 0.15) is 44.6 Å². The van der Waals surface area contributed by atoms with E-state index in [9.17, 15) is 4.79 Å². The molecule has 0 aromatic heterocycles. The molecule has 1 aromatic rings. The van der Waals surface area contributed by atoms with E-state index in [0.29, 0.717) is 23.1 Å². The molecule has 0 radical (unpaired) electrons. The van der Waals surface area contributed by atoms with E-state index in [2.05, 4.69) is 12.2 Å². The summed E-state index contributed by atoms with van der Waals surface area (Å²) in [6, 6.07) is 3.71.